The van der Waals surface area contributed by atoms with Crippen molar-refractivity contribution in [3.63, 3.8) is 0 Å². The van der Waals surface area contributed by atoms with E-state index in [4.69, 9.17) is 9.84 Å². The average molecular weight is 265 g/mol. The van der Waals surface area contributed by atoms with Gasteiger partial charge in [0.2, 0.25) is 5.91 Å². The predicted octanol–water partition coefficient (Wildman–Crippen LogP) is 2.30. The lowest BCUT2D eigenvalue weighted by molar-refractivity contribution is -0.137. The number of nitrogens with zero attached hydrogens (tertiary/aromatic N) is 1. The Morgan fingerprint density at radius 2 is 1.84 bits per heavy atom. The van der Waals surface area contributed by atoms with Crippen LogP contribution in [0.25, 0.3) is 0 Å². The van der Waals surface area contributed by atoms with Gasteiger partial charge >= 0.3 is 5.97 Å². The summed E-state index contributed by atoms with van der Waals surface area (Å²) in [6.07, 6.45) is 0.606. The lowest BCUT2D eigenvalue weighted by Crippen LogP contribution is -2.25. The summed E-state index contributed by atoms with van der Waals surface area (Å²) in [5.41, 5.74) is 0.767. The van der Waals surface area contributed by atoms with Crippen molar-refractivity contribution in [3.05, 3.63) is 24.3 Å². The normalized spacial score (nSPS) is 10.0. The third-order valence-corrected chi connectivity index (χ3v) is 2.69. The fourth-order valence-corrected chi connectivity index (χ4v) is 1.64. The standard InChI is InChI=1S/C14H19NO4/c1-3-19-12-9-7-11(8-10-12)15(2)13(16)5-4-6-14(17)18/h7-10H,3-6H2,1-2H3,(H,17,18). The molecule has 0 heterocycles. The number of ether oxygens (including phenoxy) is 1. The zero-order valence-electron chi connectivity index (χ0n) is 11.3. The number of hydrogen-bond acceptors (Lipinski definition) is 3. The minimum absolute atomic E-state index is 0.0167. The van der Waals surface area contributed by atoms with Crippen molar-refractivity contribution in [2.75, 3.05) is 18.6 Å². The molecule has 0 saturated carbocycles. The van der Waals surface area contributed by atoms with Crippen LogP contribution in [0.3, 0.4) is 0 Å². The molecule has 0 aromatic heterocycles. The molecule has 5 heteroatoms. The van der Waals surface area contributed by atoms with Gasteiger partial charge in [0.15, 0.2) is 0 Å². The van der Waals surface area contributed by atoms with Gasteiger partial charge in [0.1, 0.15) is 5.75 Å². The average Bonchev–Trinajstić information content (AvgIpc) is 2.38. The first kappa shape index (κ1) is 15.0. The molecule has 1 N–H and O–H groups in total. The Morgan fingerprint density at radius 1 is 1.21 bits per heavy atom. The molecule has 19 heavy (non-hydrogen) atoms. The summed E-state index contributed by atoms with van der Waals surface area (Å²) in [7, 11) is 1.68. The second-order valence-corrected chi connectivity index (χ2v) is 4.13. The molecule has 0 aliphatic carbocycles. The number of rotatable bonds is 7. The van der Waals surface area contributed by atoms with Crippen molar-refractivity contribution in [2.24, 2.45) is 0 Å². The monoisotopic (exact) mass is 265 g/mol. The van der Waals surface area contributed by atoms with Gasteiger partial charge in [-0.3, -0.25) is 9.59 Å². The van der Waals surface area contributed by atoms with Gasteiger partial charge < -0.3 is 14.7 Å². The first-order valence-electron chi connectivity index (χ1n) is 6.25. The topological polar surface area (TPSA) is 66.8 Å². The van der Waals surface area contributed by atoms with Gasteiger partial charge in [-0.05, 0) is 37.6 Å². The van der Waals surface area contributed by atoms with Crippen LogP contribution < -0.4 is 9.64 Å². The molecule has 104 valence electrons. The van der Waals surface area contributed by atoms with E-state index in [1.807, 2.05) is 6.92 Å². The summed E-state index contributed by atoms with van der Waals surface area (Å²) in [6.45, 7) is 2.51. The number of anilines is 1. The van der Waals surface area contributed by atoms with Gasteiger partial charge in [-0.1, -0.05) is 0 Å². The van der Waals surface area contributed by atoms with Crippen LogP contribution in [0.4, 0.5) is 5.69 Å². The van der Waals surface area contributed by atoms with Crippen molar-refractivity contribution >= 4 is 17.6 Å². The second-order valence-electron chi connectivity index (χ2n) is 4.13. The smallest absolute Gasteiger partial charge is 0.303 e. The molecule has 0 aliphatic heterocycles. The molecule has 0 aliphatic rings. The van der Waals surface area contributed by atoms with E-state index < -0.39 is 5.97 Å². The highest BCUT2D eigenvalue weighted by Crippen LogP contribution is 2.19. The number of carboxylic acid groups (broad SMARTS) is 1. The van der Waals surface area contributed by atoms with Crippen LogP contribution in [0.5, 0.6) is 5.75 Å². The number of amides is 1. The zero-order chi connectivity index (χ0) is 14.3. The van der Waals surface area contributed by atoms with Crippen molar-refractivity contribution < 1.29 is 19.4 Å². The van der Waals surface area contributed by atoms with E-state index in [2.05, 4.69) is 0 Å². The molecule has 1 aromatic rings. The van der Waals surface area contributed by atoms with Crippen LogP contribution in [-0.2, 0) is 9.59 Å². The first-order chi connectivity index (χ1) is 9.04. The number of benzene rings is 1. The minimum atomic E-state index is -0.878. The highest BCUT2D eigenvalue weighted by Gasteiger charge is 2.11. The van der Waals surface area contributed by atoms with Gasteiger partial charge in [-0.15, -0.1) is 0 Å². The maximum absolute atomic E-state index is 11.8. The van der Waals surface area contributed by atoms with Gasteiger partial charge in [-0.25, -0.2) is 0 Å². The Balaban J connectivity index is 2.53. The molecular formula is C14H19NO4. The van der Waals surface area contributed by atoms with E-state index >= 15 is 0 Å². The molecule has 1 aromatic carbocycles. The summed E-state index contributed by atoms with van der Waals surface area (Å²) in [6, 6.07) is 7.22. The van der Waals surface area contributed by atoms with Crippen molar-refractivity contribution in [1.29, 1.82) is 0 Å². The van der Waals surface area contributed by atoms with Gasteiger partial charge in [0.25, 0.3) is 0 Å². The van der Waals surface area contributed by atoms with Gasteiger partial charge in [0, 0.05) is 25.6 Å². The largest absolute Gasteiger partial charge is 0.494 e. The Kier molecular flexibility index (Phi) is 5.85. The first-order valence-corrected chi connectivity index (χ1v) is 6.25. The molecule has 0 bridgehead atoms. The summed E-state index contributed by atoms with van der Waals surface area (Å²) in [5, 5.41) is 8.52. The van der Waals surface area contributed by atoms with Crippen LogP contribution in [0.15, 0.2) is 24.3 Å². The highest BCUT2D eigenvalue weighted by atomic mass is 16.5. The SMILES string of the molecule is CCOc1ccc(N(C)C(=O)CCCC(=O)O)cc1. The molecule has 1 rings (SSSR count). The van der Waals surface area contributed by atoms with Gasteiger partial charge in [-0.2, -0.15) is 0 Å². The fourth-order valence-electron chi connectivity index (χ4n) is 1.64. The molecule has 5 nitrogen and oxygen atoms in total. The highest BCUT2D eigenvalue weighted by molar-refractivity contribution is 5.92. The maximum atomic E-state index is 11.8. The quantitative estimate of drug-likeness (QED) is 0.821. The Labute approximate surface area is 112 Å². The summed E-state index contributed by atoms with van der Waals surface area (Å²) in [5.74, 6) is -0.208. The second kappa shape index (κ2) is 7.41. The molecule has 0 atom stereocenters. The van der Waals surface area contributed by atoms with Crippen LogP contribution in [0.1, 0.15) is 26.2 Å². The number of hydrogen-bond donors (Lipinski definition) is 1. The van der Waals surface area contributed by atoms with Crippen molar-refractivity contribution in [2.45, 2.75) is 26.2 Å². The van der Waals surface area contributed by atoms with E-state index in [-0.39, 0.29) is 18.7 Å². The Bertz CT molecular complexity index is 428. The van der Waals surface area contributed by atoms with Gasteiger partial charge in [0.05, 0.1) is 6.61 Å². The van der Waals surface area contributed by atoms with E-state index in [9.17, 15) is 9.59 Å². The number of carboxylic acids is 1. The van der Waals surface area contributed by atoms with E-state index in [0.717, 1.165) is 11.4 Å². The minimum Gasteiger partial charge on any atom is -0.494 e. The molecule has 0 unspecified atom stereocenters. The summed E-state index contributed by atoms with van der Waals surface area (Å²) >= 11 is 0. The van der Waals surface area contributed by atoms with E-state index in [1.165, 1.54) is 4.90 Å². The summed E-state index contributed by atoms with van der Waals surface area (Å²) < 4.78 is 5.32. The van der Waals surface area contributed by atoms with Crippen LogP contribution in [-0.4, -0.2) is 30.6 Å². The molecule has 0 spiro atoms. The lowest BCUT2D eigenvalue weighted by atomic mass is 10.2. The molecular weight excluding hydrogens is 246 g/mol. The van der Waals surface area contributed by atoms with E-state index in [0.29, 0.717) is 13.0 Å². The molecule has 1 amide bonds. The van der Waals surface area contributed by atoms with Crippen LogP contribution in [0, 0.1) is 0 Å². The molecule has 0 radical (unpaired) electrons. The Morgan fingerprint density at radius 3 is 2.37 bits per heavy atom. The predicted molar refractivity (Wildman–Crippen MR) is 72.5 cm³/mol. The fraction of sp³-hybridized carbons (Fsp3) is 0.429. The number of carbonyl (C=O) groups excluding carboxylic acids is 1. The molecule has 0 fully saturated rings. The third kappa shape index (κ3) is 4.99. The molecule has 0 saturated heterocycles. The third-order valence-electron chi connectivity index (χ3n) is 2.69. The zero-order valence-corrected chi connectivity index (χ0v) is 11.3. The number of aliphatic carboxylic acids is 1. The maximum Gasteiger partial charge on any atom is 0.303 e. The van der Waals surface area contributed by atoms with Crippen molar-refractivity contribution in [3.8, 4) is 5.75 Å². The lowest BCUT2D eigenvalue weighted by Gasteiger charge is -2.17. The summed E-state index contributed by atoms with van der Waals surface area (Å²) in [4.78, 5) is 23.7. The van der Waals surface area contributed by atoms with Crippen molar-refractivity contribution in [1.82, 2.24) is 0 Å². The van der Waals surface area contributed by atoms with E-state index in [1.54, 1.807) is 31.3 Å². The number of carbonyl (C=O) groups is 2. The van der Waals surface area contributed by atoms with Crippen LogP contribution >= 0.6 is 0 Å². The Hall–Kier alpha value is -2.04. The van der Waals surface area contributed by atoms with Crippen LogP contribution in [0.2, 0.25) is 0 Å².